The van der Waals surface area contributed by atoms with Crippen molar-refractivity contribution in [1.82, 2.24) is 19.4 Å². The summed E-state index contributed by atoms with van der Waals surface area (Å²) in [6.07, 6.45) is 4.00. The van der Waals surface area contributed by atoms with E-state index < -0.39 is 0 Å². The number of benzene rings is 1. The Morgan fingerprint density at radius 1 is 1.43 bits per heavy atom. The van der Waals surface area contributed by atoms with Crippen molar-refractivity contribution in [3.8, 4) is 0 Å². The highest BCUT2D eigenvalue weighted by Crippen LogP contribution is 2.28. The fraction of sp³-hybridized carbons (Fsp3) is 0.412. The standard InChI is InChI=1S/C17H19ClN4O/c1-2-21-8-4-5-11(21)9-22-10-19-15-14-12(18)6-3-7-13(14)20-16(15)17(22)23/h3,6-7,10-11,20H,2,4-5,8-9H2,1H3/t11-/m0/s1. The molecule has 1 N–H and O–H groups in total. The zero-order valence-corrected chi connectivity index (χ0v) is 13.8. The molecule has 1 fully saturated rings. The molecule has 4 rings (SSSR count). The molecule has 0 saturated carbocycles. The Labute approximate surface area is 138 Å². The Kier molecular flexibility index (Phi) is 3.62. The van der Waals surface area contributed by atoms with Gasteiger partial charge in [-0.1, -0.05) is 24.6 Å². The van der Waals surface area contributed by atoms with Crippen LogP contribution in [0.5, 0.6) is 0 Å². The molecule has 1 aliphatic heterocycles. The first kappa shape index (κ1) is 14.7. The van der Waals surface area contributed by atoms with Crippen molar-refractivity contribution in [2.75, 3.05) is 13.1 Å². The molecule has 2 aromatic heterocycles. The number of likely N-dealkylation sites (N-methyl/N-ethyl adjacent to an activating group) is 1. The van der Waals surface area contributed by atoms with Gasteiger partial charge in [-0.3, -0.25) is 14.3 Å². The first-order valence-electron chi connectivity index (χ1n) is 8.08. The predicted molar refractivity (Wildman–Crippen MR) is 93.1 cm³/mol. The van der Waals surface area contributed by atoms with Gasteiger partial charge in [-0.15, -0.1) is 0 Å². The minimum absolute atomic E-state index is 0.0229. The van der Waals surface area contributed by atoms with Gasteiger partial charge in [-0.2, -0.15) is 0 Å². The van der Waals surface area contributed by atoms with Gasteiger partial charge in [-0.05, 0) is 38.1 Å². The summed E-state index contributed by atoms with van der Waals surface area (Å²) in [5.41, 5.74) is 2.03. The van der Waals surface area contributed by atoms with Gasteiger partial charge in [0.15, 0.2) is 0 Å². The topological polar surface area (TPSA) is 53.9 Å². The van der Waals surface area contributed by atoms with Crippen molar-refractivity contribution in [2.45, 2.75) is 32.4 Å². The van der Waals surface area contributed by atoms with Crippen LogP contribution in [0.3, 0.4) is 0 Å². The molecule has 3 aromatic rings. The molecule has 6 heteroatoms. The largest absolute Gasteiger partial charge is 0.349 e. The molecule has 5 nitrogen and oxygen atoms in total. The van der Waals surface area contributed by atoms with E-state index in [1.54, 1.807) is 10.9 Å². The molecule has 1 atom stereocenters. The highest BCUT2D eigenvalue weighted by molar-refractivity contribution is 6.37. The maximum absolute atomic E-state index is 12.8. The molecule has 23 heavy (non-hydrogen) atoms. The Morgan fingerprint density at radius 2 is 2.30 bits per heavy atom. The Morgan fingerprint density at radius 3 is 3.13 bits per heavy atom. The van der Waals surface area contributed by atoms with Gasteiger partial charge in [0.2, 0.25) is 0 Å². The molecule has 120 valence electrons. The summed E-state index contributed by atoms with van der Waals surface area (Å²) in [4.78, 5) is 22.9. The van der Waals surface area contributed by atoms with Gasteiger partial charge in [0.05, 0.1) is 11.3 Å². The summed E-state index contributed by atoms with van der Waals surface area (Å²) < 4.78 is 1.73. The lowest BCUT2D eigenvalue weighted by Gasteiger charge is -2.23. The summed E-state index contributed by atoms with van der Waals surface area (Å²) in [5, 5.41) is 1.44. The second-order valence-corrected chi connectivity index (χ2v) is 6.54. The first-order valence-corrected chi connectivity index (χ1v) is 8.46. The van der Waals surface area contributed by atoms with Crippen LogP contribution in [0.2, 0.25) is 5.02 Å². The SMILES string of the molecule is CCN1CCC[C@H]1Cn1cnc2c([nH]c3cccc(Cl)c32)c1=O. The lowest BCUT2D eigenvalue weighted by Crippen LogP contribution is -2.36. The number of hydrogen-bond donors (Lipinski definition) is 1. The number of aromatic amines is 1. The maximum Gasteiger partial charge on any atom is 0.277 e. The zero-order valence-electron chi connectivity index (χ0n) is 13.1. The Hall–Kier alpha value is -1.85. The minimum atomic E-state index is -0.0229. The van der Waals surface area contributed by atoms with Crippen LogP contribution in [-0.2, 0) is 6.54 Å². The quantitative estimate of drug-likeness (QED) is 0.803. The molecule has 0 unspecified atom stereocenters. The second kappa shape index (κ2) is 5.65. The molecular formula is C17H19ClN4O. The van der Waals surface area contributed by atoms with E-state index >= 15 is 0 Å². The second-order valence-electron chi connectivity index (χ2n) is 6.14. The van der Waals surface area contributed by atoms with Crippen molar-refractivity contribution >= 4 is 33.5 Å². The zero-order chi connectivity index (χ0) is 16.0. The number of H-pyrrole nitrogens is 1. The van der Waals surface area contributed by atoms with Crippen molar-refractivity contribution in [3.63, 3.8) is 0 Å². The summed E-state index contributed by atoms with van der Waals surface area (Å²) in [5.74, 6) is 0. The van der Waals surface area contributed by atoms with E-state index in [1.807, 2.05) is 18.2 Å². The van der Waals surface area contributed by atoms with E-state index in [0.717, 1.165) is 30.4 Å². The number of nitrogens with one attached hydrogen (secondary N) is 1. The van der Waals surface area contributed by atoms with Crippen molar-refractivity contribution in [2.24, 2.45) is 0 Å². The van der Waals surface area contributed by atoms with Gasteiger partial charge in [-0.25, -0.2) is 4.98 Å². The maximum atomic E-state index is 12.8. The van der Waals surface area contributed by atoms with Gasteiger partial charge in [0, 0.05) is 23.5 Å². The van der Waals surface area contributed by atoms with E-state index in [4.69, 9.17) is 11.6 Å². The summed E-state index contributed by atoms with van der Waals surface area (Å²) in [6.45, 7) is 5.01. The highest BCUT2D eigenvalue weighted by atomic mass is 35.5. The molecular weight excluding hydrogens is 312 g/mol. The predicted octanol–water partition coefficient (Wildman–Crippen LogP) is 3.02. The van der Waals surface area contributed by atoms with Crippen LogP contribution in [0.4, 0.5) is 0 Å². The fourth-order valence-corrected chi connectivity index (χ4v) is 3.93. The third kappa shape index (κ3) is 2.35. The van der Waals surface area contributed by atoms with Crippen LogP contribution in [0, 0.1) is 0 Å². The summed E-state index contributed by atoms with van der Waals surface area (Å²) in [6, 6.07) is 6.03. The van der Waals surface area contributed by atoms with E-state index in [2.05, 4.69) is 21.8 Å². The molecule has 3 heterocycles. The first-order chi connectivity index (χ1) is 11.2. The van der Waals surface area contributed by atoms with Gasteiger partial charge >= 0.3 is 0 Å². The van der Waals surface area contributed by atoms with Crippen LogP contribution < -0.4 is 5.56 Å². The smallest absolute Gasteiger partial charge is 0.277 e. The van der Waals surface area contributed by atoms with E-state index in [1.165, 1.54) is 6.42 Å². The van der Waals surface area contributed by atoms with Crippen molar-refractivity contribution in [3.05, 3.63) is 39.9 Å². The molecule has 0 bridgehead atoms. The molecule has 1 saturated heterocycles. The molecule has 0 amide bonds. The van der Waals surface area contributed by atoms with Gasteiger partial charge in [0.25, 0.3) is 5.56 Å². The van der Waals surface area contributed by atoms with Crippen LogP contribution in [0.15, 0.2) is 29.3 Å². The average molecular weight is 331 g/mol. The Bertz CT molecular complexity index is 929. The lowest BCUT2D eigenvalue weighted by molar-refractivity contribution is 0.242. The van der Waals surface area contributed by atoms with E-state index in [0.29, 0.717) is 28.6 Å². The average Bonchev–Trinajstić information content (AvgIpc) is 3.15. The van der Waals surface area contributed by atoms with E-state index in [-0.39, 0.29) is 5.56 Å². The molecule has 1 aromatic carbocycles. The number of nitrogens with zero attached hydrogens (tertiary/aromatic N) is 3. The summed E-state index contributed by atoms with van der Waals surface area (Å²) in [7, 11) is 0. The van der Waals surface area contributed by atoms with Crippen molar-refractivity contribution < 1.29 is 0 Å². The minimum Gasteiger partial charge on any atom is -0.349 e. The van der Waals surface area contributed by atoms with Crippen LogP contribution >= 0.6 is 11.6 Å². The molecule has 0 aliphatic carbocycles. The highest BCUT2D eigenvalue weighted by Gasteiger charge is 2.24. The summed E-state index contributed by atoms with van der Waals surface area (Å²) >= 11 is 6.27. The lowest BCUT2D eigenvalue weighted by atomic mass is 10.2. The van der Waals surface area contributed by atoms with Gasteiger partial charge < -0.3 is 4.98 Å². The molecule has 0 radical (unpaired) electrons. The van der Waals surface area contributed by atoms with Crippen LogP contribution in [-0.4, -0.2) is 38.6 Å². The number of hydrogen-bond acceptors (Lipinski definition) is 3. The third-order valence-corrected chi connectivity index (χ3v) is 5.18. The number of rotatable bonds is 3. The number of fused-ring (bicyclic) bond motifs is 3. The molecule has 1 aliphatic rings. The number of halogens is 1. The number of likely N-dealkylation sites (tertiary alicyclic amines) is 1. The van der Waals surface area contributed by atoms with Crippen molar-refractivity contribution in [1.29, 1.82) is 0 Å². The fourth-order valence-electron chi connectivity index (χ4n) is 3.67. The normalized spacial score (nSPS) is 19.1. The van der Waals surface area contributed by atoms with Gasteiger partial charge in [0.1, 0.15) is 11.0 Å². The third-order valence-electron chi connectivity index (χ3n) is 4.86. The van der Waals surface area contributed by atoms with Crippen LogP contribution in [0.25, 0.3) is 21.9 Å². The van der Waals surface area contributed by atoms with Crippen LogP contribution in [0.1, 0.15) is 19.8 Å². The molecule has 0 spiro atoms. The monoisotopic (exact) mass is 330 g/mol. The number of aromatic nitrogens is 3. The Balaban J connectivity index is 1.81. The van der Waals surface area contributed by atoms with E-state index in [9.17, 15) is 4.79 Å².